The summed E-state index contributed by atoms with van der Waals surface area (Å²) in [4.78, 5) is 26.0. The number of rotatable bonds is 6. The average Bonchev–Trinajstić information content (AvgIpc) is 2.83. The largest absolute Gasteiger partial charge is 0.493 e. The number of fused-ring (bicyclic) bond motifs is 1. The summed E-state index contributed by atoms with van der Waals surface area (Å²) >= 11 is 0. The van der Waals surface area contributed by atoms with E-state index in [1.807, 2.05) is 17.0 Å². The Morgan fingerprint density at radius 3 is 1.88 bits per heavy atom. The lowest BCUT2D eigenvalue weighted by atomic mass is 9.98. The molecule has 0 unspecified atom stereocenters. The summed E-state index contributed by atoms with van der Waals surface area (Å²) < 4.78 is 16.6. The normalized spacial score (nSPS) is 12.6. The summed E-state index contributed by atoms with van der Waals surface area (Å²) in [5.41, 5.74) is 8.47. The molecular formula is C25H24N2O5. The quantitative estimate of drug-likeness (QED) is 0.640. The van der Waals surface area contributed by atoms with Gasteiger partial charge in [-0.1, -0.05) is 0 Å². The molecule has 0 atom stereocenters. The van der Waals surface area contributed by atoms with Crippen LogP contribution in [0, 0.1) is 0 Å². The second-order valence-electron chi connectivity index (χ2n) is 7.47. The molecule has 0 saturated heterocycles. The lowest BCUT2D eigenvalue weighted by molar-refractivity contribution is 0.0734. The smallest absolute Gasteiger partial charge is 0.254 e. The molecule has 164 valence electrons. The number of nitrogens with zero attached hydrogens (tertiary/aromatic N) is 1. The van der Waals surface area contributed by atoms with Crippen LogP contribution < -0.4 is 19.9 Å². The van der Waals surface area contributed by atoms with E-state index in [0.717, 1.165) is 17.5 Å². The van der Waals surface area contributed by atoms with Crippen molar-refractivity contribution in [1.82, 2.24) is 4.90 Å². The molecule has 2 amide bonds. The van der Waals surface area contributed by atoms with E-state index in [4.69, 9.17) is 19.9 Å². The Morgan fingerprint density at radius 2 is 1.34 bits per heavy atom. The number of hydrogen-bond donors (Lipinski definition) is 1. The molecular weight excluding hydrogens is 408 g/mol. The Morgan fingerprint density at radius 1 is 0.812 bits per heavy atom. The van der Waals surface area contributed by atoms with Gasteiger partial charge >= 0.3 is 0 Å². The van der Waals surface area contributed by atoms with E-state index in [-0.39, 0.29) is 5.91 Å². The zero-order valence-corrected chi connectivity index (χ0v) is 18.0. The first kappa shape index (κ1) is 21.2. The van der Waals surface area contributed by atoms with E-state index in [1.54, 1.807) is 62.8 Å². The fourth-order valence-electron chi connectivity index (χ4n) is 3.73. The van der Waals surface area contributed by atoms with Gasteiger partial charge in [0.25, 0.3) is 5.91 Å². The van der Waals surface area contributed by atoms with E-state index >= 15 is 0 Å². The molecule has 2 N–H and O–H groups in total. The summed E-state index contributed by atoms with van der Waals surface area (Å²) in [6, 6.07) is 17.5. The molecule has 3 aromatic carbocycles. The summed E-state index contributed by atoms with van der Waals surface area (Å²) in [6.45, 7) is 1.14. The third kappa shape index (κ3) is 4.37. The van der Waals surface area contributed by atoms with Crippen molar-refractivity contribution in [3.8, 4) is 23.0 Å². The first-order chi connectivity index (χ1) is 15.5. The van der Waals surface area contributed by atoms with Crippen molar-refractivity contribution in [2.75, 3.05) is 20.8 Å². The SMILES string of the molecule is COc1cc2c(cc1OC)CN(C(=O)c1ccc(Oc3ccc(C(N)=O)cc3)cc1)CC2. The van der Waals surface area contributed by atoms with Crippen LogP contribution in [0.25, 0.3) is 0 Å². The maximum Gasteiger partial charge on any atom is 0.254 e. The van der Waals surface area contributed by atoms with Crippen LogP contribution in [0.1, 0.15) is 31.8 Å². The topological polar surface area (TPSA) is 91.1 Å². The number of carbonyl (C=O) groups excluding carboxylic acids is 2. The monoisotopic (exact) mass is 432 g/mol. The molecule has 4 rings (SSSR count). The number of ether oxygens (including phenoxy) is 3. The van der Waals surface area contributed by atoms with Gasteiger partial charge in [-0.3, -0.25) is 9.59 Å². The van der Waals surface area contributed by atoms with Gasteiger partial charge in [-0.15, -0.1) is 0 Å². The summed E-state index contributed by atoms with van der Waals surface area (Å²) in [5.74, 6) is 2.00. The second-order valence-corrected chi connectivity index (χ2v) is 7.47. The predicted molar refractivity (Wildman–Crippen MR) is 119 cm³/mol. The zero-order chi connectivity index (χ0) is 22.7. The molecule has 32 heavy (non-hydrogen) atoms. The number of carbonyl (C=O) groups is 2. The maximum absolute atomic E-state index is 13.0. The number of benzene rings is 3. The minimum Gasteiger partial charge on any atom is -0.493 e. The molecule has 1 aliphatic rings. The van der Waals surface area contributed by atoms with Gasteiger partial charge in [0.2, 0.25) is 5.91 Å². The van der Waals surface area contributed by atoms with E-state index in [2.05, 4.69) is 0 Å². The van der Waals surface area contributed by atoms with E-state index in [9.17, 15) is 9.59 Å². The van der Waals surface area contributed by atoms with Crippen LogP contribution in [0.15, 0.2) is 60.7 Å². The van der Waals surface area contributed by atoms with Crippen molar-refractivity contribution < 1.29 is 23.8 Å². The van der Waals surface area contributed by atoms with Crippen molar-refractivity contribution in [3.63, 3.8) is 0 Å². The number of primary amides is 1. The molecule has 1 heterocycles. The number of amides is 2. The lowest BCUT2D eigenvalue weighted by Gasteiger charge is -2.29. The highest BCUT2D eigenvalue weighted by molar-refractivity contribution is 5.94. The van der Waals surface area contributed by atoms with E-state index in [0.29, 0.717) is 47.2 Å². The Kier molecular flexibility index (Phi) is 5.98. The Hall–Kier alpha value is -4.00. The first-order valence-electron chi connectivity index (χ1n) is 10.2. The second kappa shape index (κ2) is 9.01. The molecule has 7 heteroatoms. The molecule has 0 radical (unpaired) electrons. The molecule has 0 bridgehead atoms. The van der Waals surface area contributed by atoms with E-state index < -0.39 is 5.91 Å². The Balaban J connectivity index is 1.44. The maximum atomic E-state index is 13.0. The van der Waals surface area contributed by atoms with Gasteiger partial charge in [0, 0.05) is 24.2 Å². The first-order valence-corrected chi connectivity index (χ1v) is 10.2. The third-order valence-corrected chi connectivity index (χ3v) is 5.48. The van der Waals surface area contributed by atoms with Gasteiger partial charge in [0.15, 0.2) is 11.5 Å². The molecule has 0 fully saturated rings. The number of nitrogens with two attached hydrogens (primary N) is 1. The predicted octanol–water partition coefficient (Wildman–Crippen LogP) is 3.79. The Bertz CT molecular complexity index is 1140. The Labute approximate surface area is 186 Å². The minimum atomic E-state index is -0.489. The van der Waals surface area contributed by atoms with Gasteiger partial charge in [-0.25, -0.2) is 0 Å². The number of methoxy groups -OCH3 is 2. The van der Waals surface area contributed by atoms with Crippen LogP contribution in [-0.4, -0.2) is 37.5 Å². The molecule has 3 aromatic rings. The van der Waals surface area contributed by atoms with Crippen molar-refractivity contribution in [3.05, 3.63) is 82.9 Å². The number of hydrogen-bond acceptors (Lipinski definition) is 5. The van der Waals surface area contributed by atoms with Gasteiger partial charge in [0.1, 0.15) is 11.5 Å². The lowest BCUT2D eigenvalue weighted by Crippen LogP contribution is -2.36. The van der Waals surface area contributed by atoms with Crippen molar-refractivity contribution in [2.24, 2.45) is 5.73 Å². The van der Waals surface area contributed by atoms with Gasteiger partial charge < -0.3 is 24.8 Å². The summed E-state index contributed by atoms with van der Waals surface area (Å²) in [7, 11) is 3.22. The van der Waals surface area contributed by atoms with Crippen LogP contribution in [-0.2, 0) is 13.0 Å². The molecule has 0 aromatic heterocycles. The molecule has 1 aliphatic heterocycles. The fraction of sp³-hybridized carbons (Fsp3) is 0.200. The standard InChI is InChI=1S/C25H24N2O5/c1-30-22-13-18-11-12-27(15-19(18)14-23(22)31-2)25(29)17-5-9-21(10-6-17)32-20-7-3-16(4-8-20)24(26)28/h3-10,13-14H,11-12,15H2,1-2H3,(H2,26,28). The highest BCUT2D eigenvalue weighted by Crippen LogP contribution is 2.33. The molecule has 0 spiro atoms. The third-order valence-electron chi connectivity index (χ3n) is 5.48. The van der Waals surface area contributed by atoms with Gasteiger partial charge in [-0.2, -0.15) is 0 Å². The highest BCUT2D eigenvalue weighted by atomic mass is 16.5. The van der Waals surface area contributed by atoms with Crippen LogP contribution in [0.4, 0.5) is 0 Å². The molecule has 7 nitrogen and oxygen atoms in total. The van der Waals surface area contributed by atoms with Crippen LogP contribution in [0.2, 0.25) is 0 Å². The summed E-state index contributed by atoms with van der Waals surface area (Å²) in [6.07, 6.45) is 0.754. The van der Waals surface area contributed by atoms with E-state index in [1.165, 1.54) is 0 Å². The summed E-state index contributed by atoms with van der Waals surface area (Å²) in [5, 5.41) is 0. The highest BCUT2D eigenvalue weighted by Gasteiger charge is 2.23. The fourth-order valence-corrected chi connectivity index (χ4v) is 3.73. The van der Waals surface area contributed by atoms with Crippen LogP contribution in [0.5, 0.6) is 23.0 Å². The van der Waals surface area contributed by atoms with Gasteiger partial charge in [-0.05, 0) is 78.2 Å². The van der Waals surface area contributed by atoms with Crippen molar-refractivity contribution >= 4 is 11.8 Å². The van der Waals surface area contributed by atoms with Crippen LogP contribution in [0.3, 0.4) is 0 Å². The zero-order valence-electron chi connectivity index (χ0n) is 18.0. The average molecular weight is 432 g/mol. The van der Waals surface area contributed by atoms with Gasteiger partial charge in [0.05, 0.1) is 14.2 Å². The molecule has 0 saturated carbocycles. The van der Waals surface area contributed by atoms with Crippen molar-refractivity contribution in [2.45, 2.75) is 13.0 Å². The molecule has 0 aliphatic carbocycles. The van der Waals surface area contributed by atoms with Crippen LogP contribution >= 0.6 is 0 Å². The van der Waals surface area contributed by atoms with Crippen molar-refractivity contribution in [1.29, 1.82) is 0 Å². The minimum absolute atomic E-state index is 0.0391.